The highest BCUT2D eigenvalue weighted by molar-refractivity contribution is 5.73. The maximum absolute atomic E-state index is 11.4. The Labute approximate surface area is 159 Å². The van der Waals surface area contributed by atoms with Crippen molar-refractivity contribution in [3.8, 4) is 11.8 Å². The summed E-state index contributed by atoms with van der Waals surface area (Å²) in [6, 6.07) is 16.9. The molecular formula is C21H24N4O2. The van der Waals surface area contributed by atoms with Gasteiger partial charge in [-0.25, -0.2) is 4.68 Å². The number of ether oxygens (including phenoxy) is 1. The summed E-state index contributed by atoms with van der Waals surface area (Å²) in [5.74, 6) is 6.14. The summed E-state index contributed by atoms with van der Waals surface area (Å²) in [4.78, 5) is 0. The summed E-state index contributed by atoms with van der Waals surface area (Å²) < 4.78 is 6.82. The van der Waals surface area contributed by atoms with E-state index in [2.05, 4.69) is 27.5 Å². The molecule has 2 aromatic carbocycles. The third kappa shape index (κ3) is 4.34. The van der Waals surface area contributed by atoms with E-state index in [1.807, 2.05) is 61.5 Å². The zero-order valence-electron chi connectivity index (χ0n) is 15.6. The predicted octanol–water partition coefficient (Wildman–Crippen LogP) is 1.95. The molecule has 0 radical (unpaired) electrons. The minimum atomic E-state index is -1.33. The van der Waals surface area contributed by atoms with E-state index in [1.165, 1.54) is 0 Å². The number of hydrogen-bond acceptors (Lipinski definition) is 5. The Bertz CT molecular complexity index is 929. The van der Waals surface area contributed by atoms with Gasteiger partial charge in [0, 0.05) is 19.7 Å². The third-order valence-electron chi connectivity index (χ3n) is 4.53. The Morgan fingerprint density at radius 2 is 1.93 bits per heavy atom. The molecule has 0 aliphatic carbocycles. The molecule has 0 amide bonds. The Morgan fingerprint density at radius 1 is 1.19 bits per heavy atom. The smallest absolute Gasteiger partial charge is 0.165 e. The molecule has 3 aromatic rings. The average Bonchev–Trinajstić information content (AvgIpc) is 3.12. The van der Waals surface area contributed by atoms with Crippen molar-refractivity contribution < 1.29 is 9.84 Å². The maximum Gasteiger partial charge on any atom is 0.165 e. The topological polar surface area (TPSA) is 72.2 Å². The first-order valence-electron chi connectivity index (χ1n) is 8.93. The van der Waals surface area contributed by atoms with Gasteiger partial charge in [-0.3, -0.25) is 0 Å². The number of aromatic nitrogens is 3. The fraction of sp³-hybridized carbons (Fsp3) is 0.333. The molecule has 1 heterocycles. The van der Waals surface area contributed by atoms with Gasteiger partial charge < -0.3 is 15.2 Å². The van der Waals surface area contributed by atoms with Gasteiger partial charge in [0.25, 0.3) is 0 Å². The van der Waals surface area contributed by atoms with E-state index in [4.69, 9.17) is 4.74 Å². The number of methoxy groups -OCH3 is 1. The molecule has 0 saturated carbocycles. The van der Waals surface area contributed by atoms with Gasteiger partial charge in [0.1, 0.15) is 12.1 Å². The molecule has 1 aromatic heterocycles. The van der Waals surface area contributed by atoms with Gasteiger partial charge in [0.05, 0.1) is 12.1 Å². The second kappa shape index (κ2) is 8.78. The molecule has 2 atom stereocenters. The number of benzene rings is 2. The molecule has 27 heavy (non-hydrogen) atoms. The summed E-state index contributed by atoms with van der Waals surface area (Å²) in [5.41, 5.74) is 1.16. The van der Waals surface area contributed by atoms with Crippen molar-refractivity contribution in [2.45, 2.75) is 25.1 Å². The summed E-state index contributed by atoms with van der Waals surface area (Å²) >= 11 is 0. The van der Waals surface area contributed by atoms with E-state index in [1.54, 1.807) is 11.8 Å². The summed E-state index contributed by atoms with van der Waals surface area (Å²) in [5, 5.41) is 22.9. The van der Waals surface area contributed by atoms with Gasteiger partial charge in [-0.1, -0.05) is 59.5 Å². The van der Waals surface area contributed by atoms with E-state index in [9.17, 15) is 5.11 Å². The number of aliphatic hydroxyl groups is 1. The van der Waals surface area contributed by atoms with Gasteiger partial charge >= 0.3 is 0 Å². The number of fused-ring (bicyclic) bond motifs is 1. The van der Waals surface area contributed by atoms with Crippen LogP contribution in [-0.4, -0.2) is 46.4 Å². The third-order valence-corrected chi connectivity index (χ3v) is 4.53. The number of hydrogen-bond donors (Lipinski definition) is 2. The summed E-state index contributed by atoms with van der Waals surface area (Å²) in [7, 11) is 1.65. The van der Waals surface area contributed by atoms with Crippen LogP contribution in [0, 0.1) is 11.8 Å². The molecule has 0 aliphatic heterocycles. The van der Waals surface area contributed by atoms with Crippen LogP contribution < -0.4 is 5.32 Å². The van der Waals surface area contributed by atoms with Crippen LogP contribution in [0.1, 0.15) is 12.5 Å². The molecule has 0 saturated heterocycles. The zero-order valence-corrected chi connectivity index (χ0v) is 15.6. The van der Waals surface area contributed by atoms with Crippen LogP contribution in [-0.2, 0) is 16.9 Å². The number of nitrogens with zero attached hydrogens (tertiary/aromatic N) is 3. The van der Waals surface area contributed by atoms with Crippen LogP contribution in [0.15, 0.2) is 54.6 Å². The first-order chi connectivity index (χ1) is 13.1. The van der Waals surface area contributed by atoms with Crippen molar-refractivity contribution in [2.75, 3.05) is 20.3 Å². The predicted molar refractivity (Wildman–Crippen MR) is 105 cm³/mol. The lowest BCUT2D eigenvalue weighted by molar-refractivity contribution is 0.0584. The lowest BCUT2D eigenvalue weighted by atomic mass is 9.87. The normalized spacial score (nSPS) is 14.3. The Kier molecular flexibility index (Phi) is 6.20. The SMILES string of the molecule is COCCNC(C)C(O)(C#CCn1nnc2ccccc21)c1ccccc1. The van der Waals surface area contributed by atoms with Crippen molar-refractivity contribution >= 4 is 11.0 Å². The highest BCUT2D eigenvalue weighted by Crippen LogP contribution is 2.24. The molecule has 3 rings (SSSR count). The van der Waals surface area contributed by atoms with Gasteiger partial charge in [-0.15, -0.1) is 5.10 Å². The first kappa shape index (κ1) is 19.1. The lowest BCUT2D eigenvalue weighted by Gasteiger charge is -2.30. The monoisotopic (exact) mass is 364 g/mol. The number of rotatable bonds is 7. The van der Waals surface area contributed by atoms with Crippen LogP contribution in [0.5, 0.6) is 0 Å². The molecular weight excluding hydrogens is 340 g/mol. The Hall–Kier alpha value is -2.72. The van der Waals surface area contributed by atoms with Crippen LogP contribution in [0.4, 0.5) is 0 Å². The van der Waals surface area contributed by atoms with Gasteiger partial charge in [-0.05, 0) is 24.6 Å². The molecule has 140 valence electrons. The minimum Gasteiger partial charge on any atom is -0.383 e. The Morgan fingerprint density at radius 3 is 2.70 bits per heavy atom. The molecule has 6 heteroatoms. The van der Waals surface area contributed by atoms with Crippen LogP contribution in [0.25, 0.3) is 11.0 Å². The molecule has 2 N–H and O–H groups in total. The number of nitrogens with one attached hydrogen (secondary N) is 1. The fourth-order valence-electron chi connectivity index (χ4n) is 2.93. The van der Waals surface area contributed by atoms with Crippen molar-refractivity contribution in [1.82, 2.24) is 20.3 Å². The van der Waals surface area contributed by atoms with E-state index < -0.39 is 5.60 Å². The zero-order chi connectivity index (χ0) is 19.1. The van der Waals surface area contributed by atoms with Crippen LogP contribution in [0.3, 0.4) is 0 Å². The second-order valence-corrected chi connectivity index (χ2v) is 6.34. The first-order valence-corrected chi connectivity index (χ1v) is 8.93. The van der Waals surface area contributed by atoms with Crippen molar-refractivity contribution in [3.05, 3.63) is 60.2 Å². The van der Waals surface area contributed by atoms with E-state index in [0.717, 1.165) is 16.6 Å². The summed E-state index contributed by atoms with van der Waals surface area (Å²) in [6.07, 6.45) is 0. The molecule has 0 spiro atoms. The quantitative estimate of drug-likeness (QED) is 0.495. The van der Waals surface area contributed by atoms with Crippen molar-refractivity contribution in [3.63, 3.8) is 0 Å². The van der Waals surface area contributed by atoms with Crippen molar-refractivity contribution in [2.24, 2.45) is 0 Å². The molecule has 0 fully saturated rings. The van der Waals surface area contributed by atoms with Gasteiger partial charge in [0.15, 0.2) is 5.60 Å². The molecule has 2 unspecified atom stereocenters. The van der Waals surface area contributed by atoms with E-state index >= 15 is 0 Å². The van der Waals surface area contributed by atoms with Gasteiger partial charge in [0.2, 0.25) is 0 Å². The Balaban J connectivity index is 1.84. The molecule has 0 bridgehead atoms. The largest absolute Gasteiger partial charge is 0.383 e. The van der Waals surface area contributed by atoms with Crippen molar-refractivity contribution in [1.29, 1.82) is 0 Å². The minimum absolute atomic E-state index is 0.282. The van der Waals surface area contributed by atoms with Gasteiger partial charge in [-0.2, -0.15) is 0 Å². The second-order valence-electron chi connectivity index (χ2n) is 6.34. The molecule has 0 aliphatic rings. The summed E-state index contributed by atoms with van der Waals surface area (Å²) in [6.45, 7) is 3.46. The maximum atomic E-state index is 11.4. The highest BCUT2D eigenvalue weighted by atomic mass is 16.5. The van der Waals surface area contributed by atoms with E-state index in [0.29, 0.717) is 19.7 Å². The fourth-order valence-corrected chi connectivity index (χ4v) is 2.93. The van der Waals surface area contributed by atoms with E-state index in [-0.39, 0.29) is 6.04 Å². The van der Waals surface area contributed by atoms with Crippen LogP contribution >= 0.6 is 0 Å². The van der Waals surface area contributed by atoms with Crippen LogP contribution in [0.2, 0.25) is 0 Å². The number of para-hydroxylation sites is 1. The highest BCUT2D eigenvalue weighted by Gasteiger charge is 2.33. The molecule has 6 nitrogen and oxygen atoms in total. The standard InChI is InChI=1S/C21H24N4O2/c1-17(22-14-16-27-2)21(26,18-9-4-3-5-10-18)13-8-15-25-20-12-7-6-11-19(20)23-24-25/h3-7,9-12,17,22,26H,14-16H2,1-2H3. The lowest BCUT2D eigenvalue weighted by Crippen LogP contribution is -2.47. The average molecular weight is 364 g/mol.